The summed E-state index contributed by atoms with van der Waals surface area (Å²) in [4.78, 5) is 0. The maximum absolute atomic E-state index is 5.90. The molecule has 1 N–H and O–H groups in total. The first-order chi connectivity index (χ1) is 13.3. The van der Waals surface area contributed by atoms with Crippen LogP contribution in [0.1, 0.15) is 76.0 Å². The van der Waals surface area contributed by atoms with E-state index in [1.807, 2.05) is 0 Å². The molecule has 27 heavy (non-hydrogen) atoms. The third kappa shape index (κ3) is 8.62. The lowest BCUT2D eigenvalue weighted by atomic mass is 10.0. The van der Waals surface area contributed by atoms with Crippen molar-refractivity contribution >= 4 is 0 Å². The summed E-state index contributed by atoms with van der Waals surface area (Å²) in [5.74, 6) is 0.992. The summed E-state index contributed by atoms with van der Waals surface area (Å²) in [6.45, 7) is 6.33. The highest BCUT2D eigenvalue weighted by molar-refractivity contribution is 5.29. The van der Waals surface area contributed by atoms with Gasteiger partial charge >= 0.3 is 0 Å². The second-order valence-electron chi connectivity index (χ2n) is 7.34. The number of benzene rings is 2. The van der Waals surface area contributed by atoms with Crippen LogP contribution in [0.4, 0.5) is 0 Å². The number of unbranched alkanes of at least 4 members (excludes halogenated alkanes) is 5. The molecule has 0 amide bonds. The van der Waals surface area contributed by atoms with Crippen LogP contribution in [-0.2, 0) is 6.42 Å². The summed E-state index contributed by atoms with van der Waals surface area (Å²) in [5.41, 5.74) is 2.73. The van der Waals surface area contributed by atoms with Crippen molar-refractivity contribution in [2.75, 3.05) is 13.2 Å². The smallest absolute Gasteiger partial charge is 0.119 e. The number of rotatable bonds is 14. The molecule has 2 rings (SSSR count). The minimum Gasteiger partial charge on any atom is -0.494 e. The molecule has 0 saturated heterocycles. The van der Waals surface area contributed by atoms with Crippen LogP contribution >= 0.6 is 0 Å². The Balaban J connectivity index is 1.68. The van der Waals surface area contributed by atoms with Gasteiger partial charge < -0.3 is 10.1 Å². The molecule has 2 aromatic rings. The summed E-state index contributed by atoms with van der Waals surface area (Å²) >= 11 is 0. The van der Waals surface area contributed by atoms with Crippen molar-refractivity contribution in [3.63, 3.8) is 0 Å². The van der Waals surface area contributed by atoms with Crippen LogP contribution in [0.2, 0.25) is 0 Å². The third-order valence-corrected chi connectivity index (χ3v) is 5.10. The average molecular weight is 368 g/mol. The zero-order valence-corrected chi connectivity index (χ0v) is 17.3. The van der Waals surface area contributed by atoms with Crippen LogP contribution in [0.25, 0.3) is 0 Å². The van der Waals surface area contributed by atoms with E-state index in [4.69, 9.17) is 4.74 Å². The SMILES string of the molecule is CCCCCCCCOc1ccc(C(CC)NCCc2ccccc2)cc1. The summed E-state index contributed by atoms with van der Waals surface area (Å²) in [7, 11) is 0. The minimum absolute atomic E-state index is 0.404. The Hall–Kier alpha value is -1.80. The zero-order valence-electron chi connectivity index (χ0n) is 17.3. The molecule has 1 unspecified atom stereocenters. The van der Waals surface area contributed by atoms with Gasteiger partial charge in [-0.2, -0.15) is 0 Å². The number of nitrogens with one attached hydrogen (secondary N) is 1. The molecule has 0 aliphatic carbocycles. The molecule has 0 aromatic heterocycles. The van der Waals surface area contributed by atoms with E-state index in [-0.39, 0.29) is 0 Å². The number of ether oxygens (including phenoxy) is 1. The molecular weight excluding hydrogens is 330 g/mol. The van der Waals surface area contributed by atoms with Gasteiger partial charge in [-0.1, -0.05) is 88.4 Å². The highest BCUT2D eigenvalue weighted by atomic mass is 16.5. The second-order valence-corrected chi connectivity index (χ2v) is 7.34. The monoisotopic (exact) mass is 367 g/mol. The van der Waals surface area contributed by atoms with E-state index in [0.717, 1.165) is 38.2 Å². The van der Waals surface area contributed by atoms with Gasteiger partial charge in [0.1, 0.15) is 5.75 Å². The Morgan fingerprint density at radius 2 is 1.52 bits per heavy atom. The summed E-state index contributed by atoms with van der Waals surface area (Å²) in [5, 5.41) is 3.69. The normalized spacial score (nSPS) is 12.1. The fraction of sp³-hybridized carbons (Fsp3) is 0.520. The standard InChI is InChI=1S/C25H37NO/c1-3-5-6-7-8-12-21-27-24-17-15-23(16-18-24)25(4-2)26-20-19-22-13-10-9-11-14-22/h9-11,13-18,25-26H,3-8,12,19-21H2,1-2H3. The lowest BCUT2D eigenvalue weighted by molar-refractivity contribution is 0.304. The van der Waals surface area contributed by atoms with Gasteiger partial charge in [-0.3, -0.25) is 0 Å². The van der Waals surface area contributed by atoms with Crippen molar-refractivity contribution in [3.05, 3.63) is 65.7 Å². The molecule has 0 aliphatic heterocycles. The van der Waals surface area contributed by atoms with Gasteiger partial charge in [-0.05, 0) is 49.1 Å². The summed E-state index contributed by atoms with van der Waals surface area (Å²) in [6.07, 6.45) is 9.96. The molecule has 2 heteroatoms. The predicted octanol–water partition coefficient (Wildman–Crippen LogP) is 6.71. The highest BCUT2D eigenvalue weighted by Gasteiger charge is 2.08. The average Bonchev–Trinajstić information content (AvgIpc) is 2.72. The van der Waals surface area contributed by atoms with Crippen molar-refractivity contribution in [3.8, 4) is 5.75 Å². The molecule has 0 heterocycles. The molecule has 2 aromatic carbocycles. The van der Waals surface area contributed by atoms with Gasteiger partial charge in [-0.15, -0.1) is 0 Å². The molecule has 1 atom stereocenters. The van der Waals surface area contributed by atoms with E-state index >= 15 is 0 Å². The van der Waals surface area contributed by atoms with Gasteiger partial charge in [0, 0.05) is 6.04 Å². The van der Waals surface area contributed by atoms with E-state index in [0.29, 0.717) is 6.04 Å². The van der Waals surface area contributed by atoms with Gasteiger partial charge in [0.05, 0.1) is 6.61 Å². The first-order valence-electron chi connectivity index (χ1n) is 10.8. The molecule has 0 radical (unpaired) electrons. The Bertz CT molecular complexity index is 593. The Morgan fingerprint density at radius 1 is 0.815 bits per heavy atom. The maximum atomic E-state index is 5.90. The van der Waals surface area contributed by atoms with Crippen LogP contribution in [0.3, 0.4) is 0 Å². The fourth-order valence-corrected chi connectivity index (χ4v) is 3.40. The van der Waals surface area contributed by atoms with Crippen molar-refractivity contribution < 1.29 is 4.74 Å². The summed E-state index contributed by atoms with van der Waals surface area (Å²) < 4.78 is 5.90. The van der Waals surface area contributed by atoms with Crippen molar-refractivity contribution in [2.24, 2.45) is 0 Å². The van der Waals surface area contributed by atoms with Crippen LogP contribution in [0.5, 0.6) is 5.75 Å². The van der Waals surface area contributed by atoms with Gasteiger partial charge in [0.2, 0.25) is 0 Å². The maximum Gasteiger partial charge on any atom is 0.119 e. The second kappa shape index (κ2) is 13.4. The van der Waals surface area contributed by atoms with E-state index in [9.17, 15) is 0 Å². The van der Waals surface area contributed by atoms with Crippen LogP contribution < -0.4 is 10.1 Å². The fourth-order valence-electron chi connectivity index (χ4n) is 3.40. The molecule has 0 saturated carbocycles. The Morgan fingerprint density at radius 3 is 2.22 bits per heavy atom. The van der Waals surface area contributed by atoms with Crippen molar-refractivity contribution in [1.29, 1.82) is 0 Å². The van der Waals surface area contributed by atoms with E-state index in [1.165, 1.54) is 43.2 Å². The molecule has 0 bridgehead atoms. The molecule has 0 spiro atoms. The van der Waals surface area contributed by atoms with Crippen molar-refractivity contribution in [1.82, 2.24) is 5.32 Å². The zero-order chi connectivity index (χ0) is 19.2. The first kappa shape index (κ1) is 21.5. The summed E-state index contributed by atoms with van der Waals surface area (Å²) in [6, 6.07) is 19.7. The topological polar surface area (TPSA) is 21.3 Å². The predicted molar refractivity (Wildman–Crippen MR) is 116 cm³/mol. The quantitative estimate of drug-likeness (QED) is 0.375. The van der Waals surface area contributed by atoms with Crippen LogP contribution in [0, 0.1) is 0 Å². The van der Waals surface area contributed by atoms with Gasteiger partial charge in [0.25, 0.3) is 0 Å². The van der Waals surface area contributed by atoms with E-state index in [2.05, 4.69) is 73.8 Å². The van der Waals surface area contributed by atoms with E-state index in [1.54, 1.807) is 0 Å². The number of hydrogen-bond acceptors (Lipinski definition) is 2. The third-order valence-electron chi connectivity index (χ3n) is 5.10. The number of hydrogen-bond donors (Lipinski definition) is 1. The lowest BCUT2D eigenvalue weighted by Crippen LogP contribution is -2.23. The molecule has 2 nitrogen and oxygen atoms in total. The van der Waals surface area contributed by atoms with Gasteiger partial charge in [-0.25, -0.2) is 0 Å². The Labute approximate surface area is 166 Å². The van der Waals surface area contributed by atoms with Crippen molar-refractivity contribution in [2.45, 2.75) is 71.3 Å². The minimum atomic E-state index is 0.404. The van der Waals surface area contributed by atoms with Crippen LogP contribution in [-0.4, -0.2) is 13.2 Å². The lowest BCUT2D eigenvalue weighted by Gasteiger charge is -2.18. The van der Waals surface area contributed by atoms with Crippen LogP contribution in [0.15, 0.2) is 54.6 Å². The first-order valence-corrected chi connectivity index (χ1v) is 10.8. The molecule has 0 fully saturated rings. The highest BCUT2D eigenvalue weighted by Crippen LogP contribution is 2.20. The largest absolute Gasteiger partial charge is 0.494 e. The molecule has 0 aliphatic rings. The van der Waals surface area contributed by atoms with E-state index < -0.39 is 0 Å². The molecular formula is C25H37NO. The molecule has 148 valence electrons. The Kier molecular flexibility index (Phi) is 10.7. The van der Waals surface area contributed by atoms with Gasteiger partial charge in [0.15, 0.2) is 0 Å².